The smallest absolute Gasteiger partial charge is 0.232 e. The van der Waals surface area contributed by atoms with Gasteiger partial charge >= 0.3 is 0 Å². The average Bonchev–Trinajstić information content (AvgIpc) is 2.39. The second-order valence-corrected chi connectivity index (χ2v) is 6.24. The quantitative estimate of drug-likeness (QED) is 0.614. The van der Waals surface area contributed by atoms with Crippen LogP contribution < -0.4 is 10.5 Å². The highest BCUT2D eigenvalue weighted by Gasteiger charge is 2.12. The molecule has 1 rings (SSSR count). The molecule has 110 valence electrons. The number of anilines is 1. The van der Waals surface area contributed by atoms with Crippen LogP contribution in [0.15, 0.2) is 18.2 Å². The van der Waals surface area contributed by atoms with Gasteiger partial charge in [0.2, 0.25) is 10.0 Å². The zero-order valence-corrected chi connectivity index (χ0v) is 12.7. The summed E-state index contributed by atoms with van der Waals surface area (Å²) in [5, 5.41) is 0.480. The lowest BCUT2D eigenvalue weighted by molar-refractivity contribution is 0.199. The van der Waals surface area contributed by atoms with Gasteiger partial charge in [-0.05, 0) is 24.6 Å². The second kappa shape index (κ2) is 8.12. The maximum Gasteiger partial charge on any atom is 0.232 e. The number of halogens is 1. The maximum absolute atomic E-state index is 11.9. The summed E-state index contributed by atoms with van der Waals surface area (Å²) in [7, 11) is -1.91. The van der Waals surface area contributed by atoms with Gasteiger partial charge in [0.15, 0.2) is 0 Å². The summed E-state index contributed by atoms with van der Waals surface area (Å²) >= 11 is 5.88. The Bertz CT molecular complexity index is 606. The van der Waals surface area contributed by atoms with Gasteiger partial charge in [0.25, 0.3) is 0 Å². The van der Waals surface area contributed by atoms with Gasteiger partial charge in [-0.15, -0.1) is 0 Å². The van der Waals surface area contributed by atoms with Crippen molar-refractivity contribution in [1.29, 1.82) is 0 Å². The predicted octanol–water partition coefficient (Wildman–Crippen LogP) is 1.43. The monoisotopic (exact) mass is 316 g/mol. The molecule has 0 aliphatic carbocycles. The van der Waals surface area contributed by atoms with Crippen LogP contribution in [0.2, 0.25) is 5.02 Å². The summed E-state index contributed by atoms with van der Waals surface area (Å²) < 4.78 is 31.2. The van der Waals surface area contributed by atoms with Gasteiger partial charge in [0.05, 0.1) is 23.5 Å². The number of hydrogen-bond donors (Lipinski definition) is 2. The van der Waals surface area contributed by atoms with Crippen LogP contribution in [-0.2, 0) is 14.8 Å². The average molecular weight is 317 g/mol. The lowest BCUT2D eigenvalue weighted by Crippen LogP contribution is -2.18. The molecule has 1 aromatic carbocycles. The van der Waals surface area contributed by atoms with E-state index < -0.39 is 10.0 Å². The molecule has 20 heavy (non-hydrogen) atoms. The van der Waals surface area contributed by atoms with E-state index in [0.717, 1.165) is 0 Å². The van der Waals surface area contributed by atoms with Gasteiger partial charge in [0.1, 0.15) is 0 Å². The molecular weight excluding hydrogens is 300 g/mol. The van der Waals surface area contributed by atoms with Crippen LogP contribution in [-0.4, -0.2) is 34.4 Å². The molecule has 0 heterocycles. The third-order valence-electron chi connectivity index (χ3n) is 2.33. The Hall–Kier alpha value is -1.26. The third-order valence-corrected chi connectivity index (χ3v) is 3.93. The zero-order valence-electron chi connectivity index (χ0n) is 11.1. The Labute approximate surface area is 124 Å². The molecule has 0 bridgehead atoms. The maximum atomic E-state index is 11.9. The number of hydrogen-bond acceptors (Lipinski definition) is 4. The van der Waals surface area contributed by atoms with Crippen molar-refractivity contribution < 1.29 is 13.2 Å². The van der Waals surface area contributed by atoms with Crippen molar-refractivity contribution in [2.24, 2.45) is 5.73 Å². The fourth-order valence-corrected chi connectivity index (χ4v) is 2.75. The molecule has 1 aromatic rings. The van der Waals surface area contributed by atoms with E-state index in [2.05, 4.69) is 16.6 Å². The Morgan fingerprint density at radius 1 is 1.45 bits per heavy atom. The number of benzene rings is 1. The van der Waals surface area contributed by atoms with Gasteiger partial charge in [-0.25, -0.2) is 8.42 Å². The first kappa shape index (κ1) is 16.8. The van der Waals surface area contributed by atoms with Crippen molar-refractivity contribution >= 4 is 27.3 Å². The second-order valence-electron chi connectivity index (χ2n) is 3.96. The molecule has 0 unspecified atom stereocenters. The van der Waals surface area contributed by atoms with Crippen LogP contribution in [0.1, 0.15) is 12.0 Å². The molecule has 5 nitrogen and oxygen atoms in total. The van der Waals surface area contributed by atoms with Crippen molar-refractivity contribution in [3.63, 3.8) is 0 Å². The summed E-state index contributed by atoms with van der Waals surface area (Å²) in [5.74, 6) is 5.45. The normalized spacial score (nSPS) is 10.8. The molecule has 0 aliphatic heterocycles. The summed E-state index contributed by atoms with van der Waals surface area (Å²) in [6.45, 7) is 0.577. The number of methoxy groups -OCH3 is 1. The van der Waals surface area contributed by atoms with E-state index in [1.54, 1.807) is 18.2 Å². The van der Waals surface area contributed by atoms with Crippen LogP contribution in [0.3, 0.4) is 0 Å². The minimum atomic E-state index is -3.44. The van der Waals surface area contributed by atoms with Crippen molar-refractivity contribution in [2.45, 2.75) is 6.42 Å². The summed E-state index contributed by atoms with van der Waals surface area (Å²) in [6, 6.07) is 4.77. The lowest BCUT2D eigenvalue weighted by Gasteiger charge is -2.10. The Morgan fingerprint density at radius 2 is 2.20 bits per heavy atom. The van der Waals surface area contributed by atoms with E-state index in [9.17, 15) is 8.42 Å². The molecule has 0 aromatic heterocycles. The van der Waals surface area contributed by atoms with Crippen LogP contribution in [0.4, 0.5) is 5.69 Å². The SMILES string of the molecule is COCCCS(=O)(=O)Nc1ccc(Cl)cc1C#CCN. The largest absolute Gasteiger partial charge is 0.385 e. The molecule has 0 fully saturated rings. The van der Waals surface area contributed by atoms with Crippen molar-refractivity contribution in [2.75, 3.05) is 30.7 Å². The minimum Gasteiger partial charge on any atom is -0.385 e. The highest BCUT2D eigenvalue weighted by Crippen LogP contribution is 2.21. The zero-order chi connectivity index (χ0) is 15.0. The van der Waals surface area contributed by atoms with Crippen molar-refractivity contribution in [3.05, 3.63) is 28.8 Å². The van der Waals surface area contributed by atoms with Crippen LogP contribution >= 0.6 is 11.6 Å². The molecule has 7 heteroatoms. The fourth-order valence-electron chi connectivity index (χ4n) is 1.47. The molecule has 0 atom stereocenters. The first-order valence-corrected chi connectivity index (χ1v) is 7.99. The van der Waals surface area contributed by atoms with Gasteiger partial charge in [-0.1, -0.05) is 23.4 Å². The van der Waals surface area contributed by atoms with Gasteiger partial charge in [-0.2, -0.15) is 0 Å². The summed E-state index contributed by atoms with van der Waals surface area (Å²) in [6.07, 6.45) is 0.420. The number of nitrogens with one attached hydrogen (secondary N) is 1. The number of rotatable bonds is 6. The molecule has 0 saturated carbocycles. The van der Waals surface area contributed by atoms with E-state index in [1.807, 2.05) is 0 Å². The first-order valence-electron chi connectivity index (χ1n) is 5.96. The summed E-state index contributed by atoms with van der Waals surface area (Å²) in [5.41, 5.74) is 6.21. The number of sulfonamides is 1. The molecule has 3 N–H and O–H groups in total. The van der Waals surface area contributed by atoms with Crippen LogP contribution in [0.25, 0.3) is 0 Å². The van der Waals surface area contributed by atoms with E-state index in [-0.39, 0.29) is 12.3 Å². The highest BCUT2D eigenvalue weighted by molar-refractivity contribution is 7.92. The molecule has 0 radical (unpaired) electrons. The Morgan fingerprint density at radius 3 is 2.85 bits per heavy atom. The molecular formula is C13H17ClN2O3S. The third kappa shape index (κ3) is 5.80. The predicted molar refractivity (Wildman–Crippen MR) is 81.3 cm³/mol. The van der Waals surface area contributed by atoms with E-state index in [1.165, 1.54) is 7.11 Å². The molecule has 0 amide bonds. The van der Waals surface area contributed by atoms with Gasteiger partial charge < -0.3 is 10.5 Å². The minimum absolute atomic E-state index is 0.0206. The first-order chi connectivity index (χ1) is 9.48. The topological polar surface area (TPSA) is 81.4 Å². The highest BCUT2D eigenvalue weighted by atomic mass is 35.5. The fraction of sp³-hybridized carbons (Fsp3) is 0.385. The van der Waals surface area contributed by atoms with E-state index >= 15 is 0 Å². The van der Waals surface area contributed by atoms with Crippen molar-refractivity contribution in [3.8, 4) is 11.8 Å². The molecule has 0 saturated heterocycles. The number of nitrogens with two attached hydrogens (primary N) is 1. The Kier molecular flexibility index (Phi) is 6.82. The standard InChI is InChI=1S/C13H17ClN2O3S/c1-19-8-3-9-20(17,18)16-13-6-5-12(14)10-11(13)4-2-7-15/h5-6,10,16H,3,7-9,15H2,1H3. The van der Waals surface area contributed by atoms with E-state index in [4.69, 9.17) is 22.1 Å². The van der Waals surface area contributed by atoms with Gasteiger partial charge in [-0.3, -0.25) is 4.72 Å². The molecule has 0 aliphatic rings. The van der Waals surface area contributed by atoms with Crippen LogP contribution in [0.5, 0.6) is 0 Å². The van der Waals surface area contributed by atoms with Crippen LogP contribution in [0, 0.1) is 11.8 Å². The Balaban J connectivity index is 2.91. The molecule has 0 spiro atoms. The number of ether oxygens (including phenoxy) is 1. The van der Waals surface area contributed by atoms with Gasteiger partial charge in [0, 0.05) is 18.7 Å². The van der Waals surface area contributed by atoms with E-state index in [0.29, 0.717) is 29.3 Å². The van der Waals surface area contributed by atoms with Crippen molar-refractivity contribution in [1.82, 2.24) is 0 Å². The summed E-state index contributed by atoms with van der Waals surface area (Å²) in [4.78, 5) is 0. The lowest BCUT2D eigenvalue weighted by atomic mass is 10.2.